The number of esters is 1. The summed E-state index contributed by atoms with van der Waals surface area (Å²) in [6.45, 7) is 11.4. The van der Waals surface area contributed by atoms with E-state index in [0.717, 1.165) is 16.9 Å². The van der Waals surface area contributed by atoms with Gasteiger partial charge in [0.2, 0.25) is 0 Å². The van der Waals surface area contributed by atoms with Gasteiger partial charge in [-0.1, -0.05) is 74.5 Å². The molecule has 1 heterocycles. The molecule has 5 heteroatoms. The Morgan fingerprint density at radius 2 is 1.70 bits per heavy atom. The zero-order valence-corrected chi connectivity index (χ0v) is 22.3. The zero-order chi connectivity index (χ0) is 26.4. The van der Waals surface area contributed by atoms with Crippen LogP contribution in [0.25, 0.3) is 11.1 Å². The van der Waals surface area contributed by atoms with Crippen molar-refractivity contribution in [1.29, 1.82) is 0 Å². The van der Waals surface area contributed by atoms with Crippen molar-refractivity contribution < 1.29 is 18.8 Å². The van der Waals surface area contributed by atoms with E-state index in [0.29, 0.717) is 18.9 Å². The van der Waals surface area contributed by atoms with Gasteiger partial charge in [0.25, 0.3) is 0 Å². The maximum Gasteiger partial charge on any atom is 0.306 e. The monoisotopic (exact) mass is 497 g/mol. The summed E-state index contributed by atoms with van der Waals surface area (Å²) in [6, 6.07) is 24.8. The van der Waals surface area contributed by atoms with Crippen molar-refractivity contribution in [2.24, 2.45) is 0 Å². The maximum absolute atomic E-state index is 12.2. The fourth-order valence-corrected chi connectivity index (χ4v) is 4.36. The Morgan fingerprint density at radius 1 is 0.973 bits per heavy atom. The predicted octanol–water partition coefficient (Wildman–Crippen LogP) is 7.61. The quantitative estimate of drug-likeness (QED) is 0.223. The first-order valence-corrected chi connectivity index (χ1v) is 12.7. The minimum Gasteiger partial charge on any atom is -0.489 e. The van der Waals surface area contributed by atoms with E-state index in [1.165, 1.54) is 28.5 Å². The van der Waals surface area contributed by atoms with E-state index in [1.807, 2.05) is 24.3 Å². The number of aromatic nitrogens is 1. The molecule has 5 nitrogen and oxygen atoms in total. The van der Waals surface area contributed by atoms with Gasteiger partial charge >= 0.3 is 5.97 Å². The molecular formula is C32H35NO4. The summed E-state index contributed by atoms with van der Waals surface area (Å²) >= 11 is 0. The maximum atomic E-state index is 12.2. The number of carbonyl (C=O) groups is 1. The zero-order valence-electron chi connectivity index (χ0n) is 22.3. The van der Waals surface area contributed by atoms with Gasteiger partial charge in [-0.15, -0.1) is 0 Å². The summed E-state index contributed by atoms with van der Waals surface area (Å²) in [5.41, 5.74) is 7.86. The molecular weight excluding hydrogens is 462 g/mol. The molecule has 0 unspecified atom stereocenters. The van der Waals surface area contributed by atoms with Crippen LogP contribution in [0.3, 0.4) is 0 Å². The highest BCUT2D eigenvalue weighted by Gasteiger charge is 2.22. The highest BCUT2D eigenvalue weighted by atomic mass is 16.5. The molecule has 1 aromatic heterocycles. The summed E-state index contributed by atoms with van der Waals surface area (Å²) in [5.74, 6) is 0.255. The first-order chi connectivity index (χ1) is 17.7. The highest BCUT2D eigenvalue weighted by molar-refractivity contribution is 5.71. The third kappa shape index (κ3) is 6.67. The van der Waals surface area contributed by atoms with Crippen LogP contribution in [0.2, 0.25) is 0 Å². The van der Waals surface area contributed by atoms with E-state index in [4.69, 9.17) is 14.0 Å². The number of carbonyl (C=O) groups excluding carboxylic acids is 1. The topological polar surface area (TPSA) is 61.6 Å². The van der Waals surface area contributed by atoms with Crippen LogP contribution in [0.1, 0.15) is 68.0 Å². The molecule has 0 radical (unpaired) electrons. The molecule has 3 aromatic carbocycles. The van der Waals surface area contributed by atoms with E-state index >= 15 is 0 Å². The van der Waals surface area contributed by atoms with E-state index in [-0.39, 0.29) is 23.7 Å². The third-order valence-corrected chi connectivity index (χ3v) is 6.54. The number of aryl methyl sites for hydroxylation is 1. The Hall–Kier alpha value is -3.86. The summed E-state index contributed by atoms with van der Waals surface area (Å²) in [5, 5.41) is 4.05. The number of ether oxygens (including phenoxy) is 2. The van der Waals surface area contributed by atoms with Crippen LogP contribution in [0.15, 0.2) is 83.6 Å². The van der Waals surface area contributed by atoms with Gasteiger partial charge in [-0.2, -0.15) is 0 Å². The number of benzene rings is 3. The second kappa shape index (κ2) is 11.5. The Labute approximate surface area is 219 Å². The van der Waals surface area contributed by atoms with Crippen molar-refractivity contribution in [1.82, 2.24) is 5.16 Å². The molecule has 0 saturated carbocycles. The number of hydrogen-bond acceptors (Lipinski definition) is 5. The SMILES string of the molecule is CCOC(=O)C[C@@H](c1ccc(OCc2ccc(C)c(-c3ccc(C(C)(C)C)cc3)c2)cc1)c1ccon1. The fraction of sp³-hybridized carbons (Fsp3) is 0.312. The second-order valence-electron chi connectivity index (χ2n) is 10.3. The van der Waals surface area contributed by atoms with E-state index < -0.39 is 0 Å². The van der Waals surface area contributed by atoms with Crippen molar-refractivity contribution in [2.75, 3.05) is 6.61 Å². The second-order valence-corrected chi connectivity index (χ2v) is 10.3. The summed E-state index contributed by atoms with van der Waals surface area (Å²) in [6.07, 6.45) is 1.71. The fourth-order valence-electron chi connectivity index (χ4n) is 4.36. The van der Waals surface area contributed by atoms with E-state index in [1.54, 1.807) is 13.0 Å². The summed E-state index contributed by atoms with van der Waals surface area (Å²) < 4.78 is 16.3. The highest BCUT2D eigenvalue weighted by Crippen LogP contribution is 2.31. The van der Waals surface area contributed by atoms with Crippen molar-refractivity contribution in [2.45, 2.75) is 59.0 Å². The standard InChI is InChI=1S/C32H35NO4/c1-6-35-31(34)20-29(30-17-18-37-33-30)25-11-15-27(16-12-25)36-21-23-8-7-22(2)28(19-23)24-9-13-26(14-10-24)32(3,4)5/h7-19,29H,6,20-21H2,1-5H3/t29-/m0/s1. The number of nitrogens with zero attached hydrogens (tertiary/aromatic N) is 1. The normalized spacial score (nSPS) is 12.2. The third-order valence-electron chi connectivity index (χ3n) is 6.54. The molecule has 0 saturated heterocycles. The molecule has 4 aromatic rings. The number of rotatable bonds is 9. The van der Waals surface area contributed by atoms with Crippen LogP contribution in [0.4, 0.5) is 0 Å². The van der Waals surface area contributed by atoms with Gasteiger partial charge < -0.3 is 14.0 Å². The van der Waals surface area contributed by atoms with E-state index in [2.05, 4.69) is 75.3 Å². The lowest BCUT2D eigenvalue weighted by Gasteiger charge is -2.19. The first-order valence-electron chi connectivity index (χ1n) is 12.7. The molecule has 4 rings (SSSR count). The van der Waals surface area contributed by atoms with Crippen LogP contribution in [0, 0.1) is 6.92 Å². The summed E-state index contributed by atoms with van der Waals surface area (Å²) in [4.78, 5) is 12.2. The molecule has 1 atom stereocenters. The van der Waals surface area contributed by atoms with Crippen molar-refractivity contribution in [3.05, 3.63) is 107 Å². The van der Waals surface area contributed by atoms with Gasteiger partial charge in [0.15, 0.2) is 0 Å². The molecule has 0 aliphatic carbocycles. The molecule has 0 aliphatic rings. The molecule has 0 fully saturated rings. The van der Waals surface area contributed by atoms with Crippen LogP contribution < -0.4 is 4.74 Å². The van der Waals surface area contributed by atoms with Gasteiger partial charge in [0.05, 0.1) is 18.7 Å². The minimum atomic E-state index is -0.265. The largest absolute Gasteiger partial charge is 0.489 e. The minimum absolute atomic E-state index is 0.132. The van der Waals surface area contributed by atoms with Crippen molar-refractivity contribution in [3.63, 3.8) is 0 Å². The molecule has 0 bridgehead atoms. The summed E-state index contributed by atoms with van der Waals surface area (Å²) in [7, 11) is 0. The molecule has 0 N–H and O–H groups in total. The van der Waals surface area contributed by atoms with Gasteiger partial charge in [-0.25, -0.2) is 0 Å². The molecule has 0 aliphatic heterocycles. The van der Waals surface area contributed by atoms with Crippen LogP contribution in [-0.4, -0.2) is 17.7 Å². The lowest BCUT2D eigenvalue weighted by atomic mass is 9.86. The van der Waals surface area contributed by atoms with Crippen LogP contribution in [-0.2, 0) is 21.6 Å². The molecule has 192 valence electrons. The molecule has 37 heavy (non-hydrogen) atoms. The lowest BCUT2D eigenvalue weighted by Crippen LogP contribution is -2.12. The Morgan fingerprint density at radius 3 is 2.32 bits per heavy atom. The number of hydrogen-bond donors (Lipinski definition) is 0. The van der Waals surface area contributed by atoms with Crippen LogP contribution >= 0.6 is 0 Å². The van der Waals surface area contributed by atoms with Gasteiger partial charge in [0.1, 0.15) is 18.6 Å². The average molecular weight is 498 g/mol. The first kappa shape index (κ1) is 26.2. The molecule has 0 spiro atoms. The molecule has 0 amide bonds. The Bertz CT molecular complexity index is 1300. The van der Waals surface area contributed by atoms with E-state index in [9.17, 15) is 4.79 Å². The van der Waals surface area contributed by atoms with Crippen molar-refractivity contribution in [3.8, 4) is 16.9 Å². The van der Waals surface area contributed by atoms with Gasteiger partial charge in [-0.05, 0) is 70.8 Å². The Balaban J connectivity index is 1.46. The lowest BCUT2D eigenvalue weighted by molar-refractivity contribution is -0.143. The van der Waals surface area contributed by atoms with Crippen LogP contribution in [0.5, 0.6) is 5.75 Å². The smallest absolute Gasteiger partial charge is 0.306 e. The van der Waals surface area contributed by atoms with Crippen molar-refractivity contribution >= 4 is 5.97 Å². The van der Waals surface area contributed by atoms with Gasteiger partial charge in [-0.3, -0.25) is 4.79 Å². The average Bonchev–Trinajstić information content (AvgIpc) is 3.42. The predicted molar refractivity (Wildman–Crippen MR) is 146 cm³/mol. The van der Waals surface area contributed by atoms with Gasteiger partial charge in [0, 0.05) is 12.0 Å². The Kier molecular flexibility index (Phi) is 8.12.